The maximum Gasteiger partial charge on any atom is 0.412 e. The van der Waals surface area contributed by atoms with Crippen molar-refractivity contribution in [3.05, 3.63) is 64.2 Å². The van der Waals surface area contributed by atoms with Gasteiger partial charge in [0.15, 0.2) is 0 Å². The molecule has 0 aliphatic rings. The predicted molar refractivity (Wildman–Crippen MR) is 83.4 cm³/mol. The molecule has 0 heterocycles. The minimum Gasteiger partial charge on any atom is -0.478 e. The monoisotopic (exact) mass is 319 g/mol. The number of anilines is 1. The summed E-state index contributed by atoms with van der Waals surface area (Å²) in [5.74, 6) is -1.18. The molecular weight excluding hydrogens is 306 g/mol. The third kappa shape index (κ3) is 3.99. The van der Waals surface area contributed by atoms with Crippen LogP contribution >= 0.6 is 11.6 Å². The Morgan fingerprint density at radius 2 is 1.91 bits per heavy atom. The zero-order chi connectivity index (χ0) is 16.1. The molecule has 114 valence electrons. The molecule has 0 unspecified atom stereocenters. The minimum atomic E-state index is -1.18. The Hall–Kier alpha value is -2.53. The summed E-state index contributed by atoms with van der Waals surface area (Å²) >= 11 is 6.01. The number of hydrogen-bond acceptors (Lipinski definition) is 3. The Morgan fingerprint density at radius 3 is 2.55 bits per heavy atom. The highest BCUT2D eigenvalue weighted by Crippen LogP contribution is 2.28. The highest BCUT2D eigenvalue weighted by molar-refractivity contribution is 6.34. The standard InChI is InChI=1S/C16H14ClNO4/c1-10-7-12(15(19)20)14(13(17)8-10)18-16(21)22-9-11-5-3-2-4-6-11/h2-8H,9H2,1H3,(H,18,21)(H,19,20). The van der Waals surface area contributed by atoms with E-state index in [0.717, 1.165) is 5.56 Å². The molecule has 0 spiro atoms. The number of halogens is 1. The van der Waals surface area contributed by atoms with Crippen LogP contribution in [0, 0.1) is 6.92 Å². The summed E-state index contributed by atoms with van der Waals surface area (Å²) in [4.78, 5) is 23.0. The summed E-state index contributed by atoms with van der Waals surface area (Å²) in [6.07, 6.45) is -0.767. The lowest BCUT2D eigenvalue weighted by molar-refractivity contribution is 0.0698. The smallest absolute Gasteiger partial charge is 0.412 e. The van der Waals surface area contributed by atoms with Gasteiger partial charge in [0, 0.05) is 0 Å². The van der Waals surface area contributed by atoms with E-state index in [2.05, 4.69) is 5.32 Å². The number of carboxylic acid groups (broad SMARTS) is 1. The number of hydrogen-bond donors (Lipinski definition) is 2. The number of ether oxygens (including phenoxy) is 1. The van der Waals surface area contributed by atoms with E-state index in [9.17, 15) is 14.7 Å². The van der Waals surface area contributed by atoms with E-state index in [4.69, 9.17) is 16.3 Å². The maximum absolute atomic E-state index is 11.8. The van der Waals surface area contributed by atoms with Gasteiger partial charge in [-0.1, -0.05) is 41.9 Å². The SMILES string of the molecule is Cc1cc(Cl)c(NC(=O)OCc2ccccc2)c(C(=O)O)c1. The molecule has 0 aliphatic carbocycles. The molecule has 0 aromatic heterocycles. The predicted octanol–water partition coefficient (Wildman–Crippen LogP) is 4.10. The summed E-state index contributed by atoms with van der Waals surface area (Å²) in [7, 11) is 0. The fraction of sp³-hybridized carbons (Fsp3) is 0.125. The van der Waals surface area contributed by atoms with Crippen LogP contribution in [0.2, 0.25) is 5.02 Å². The Morgan fingerprint density at radius 1 is 1.23 bits per heavy atom. The van der Waals surface area contributed by atoms with Crippen LogP contribution in [0.1, 0.15) is 21.5 Å². The van der Waals surface area contributed by atoms with Crippen LogP contribution in [-0.4, -0.2) is 17.2 Å². The molecule has 0 bridgehead atoms. The summed E-state index contributed by atoms with van der Waals surface area (Å²) in [5.41, 5.74) is 1.45. The van der Waals surface area contributed by atoms with E-state index in [0.29, 0.717) is 5.56 Å². The number of aromatic carboxylic acids is 1. The molecule has 0 fully saturated rings. The second-order valence-corrected chi connectivity index (χ2v) is 5.07. The molecule has 22 heavy (non-hydrogen) atoms. The number of aryl methyl sites for hydroxylation is 1. The molecule has 0 atom stereocenters. The third-order valence-corrected chi connectivity index (χ3v) is 3.20. The first-order valence-electron chi connectivity index (χ1n) is 6.48. The zero-order valence-electron chi connectivity index (χ0n) is 11.8. The van der Waals surface area contributed by atoms with E-state index < -0.39 is 12.1 Å². The van der Waals surface area contributed by atoms with Gasteiger partial charge in [0.25, 0.3) is 0 Å². The fourth-order valence-electron chi connectivity index (χ4n) is 1.90. The number of carboxylic acids is 1. The Balaban J connectivity index is 2.10. The van der Waals surface area contributed by atoms with Gasteiger partial charge in [-0.15, -0.1) is 0 Å². The van der Waals surface area contributed by atoms with Crippen molar-refractivity contribution in [3.63, 3.8) is 0 Å². The topological polar surface area (TPSA) is 75.6 Å². The molecule has 2 rings (SSSR count). The van der Waals surface area contributed by atoms with E-state index >= 15 is 0 Å². The first kappa shape index (κ1) is 15.9. The molecule has 1 amide bonds. The maximum atomic E-state index is 11.8. The molecule has 0 saturated heterocycles. The molecule has 6 heteroatoms. The van der Waals surface area contributed by atoms with Crippen molar-refractivity contribution in [1.82, 2.24) is 0 Å². The quantitative estimate of drug-likeness (QED) is 0.889. The van der Waals surface area contributed by atoms with E-state index in [1.165, 1.54) is 6.07 Å². The van der Waals surface area contributed by atoms with Crippen LogP contribution in [-0.2, 0) is 11.3 Å². The Kier molecular flexibility index (Phi) is 5.01. The zero-order valence-corrected chi connectivity index (χ0v) is 12.6. The van der Waals surface area contributed by atoms with Crippen molar-refractivity contribution >= 4 is 29.4 Å². The van der Waals surface area contributed by atoms with Crippen molar-refractivity contribution in [2.24, 2.45) is 0 Å². The van der Waals surface area contributed by atoms with Crippen molar-refractivity contribution in [1.29, 1.82) is 0 Å². The molecule has 5 nitrogen and oxygen atoms in total. The Bertz CT molecular complexity index is 701. The minimum absolute atomic E-state index is 0.0258. The Labute approximate surface area is 132 Å². The number of carbonyl (C=O) groups excluding carboxylic acids is 1. The normalized spacial score (nSPS) is 10.1. The number of rotatable bonds is 4. The van der Waals surface area contributed by atoms with Gasteiger partial charge in [-0.2, -0.15) is 0 Å². The molecule has 2 aromatic carbocycles. The summed E-state index contributed by atoms with van der Waals surface area (Å²) in [6, 6.07) is 12.1. The first-order valence-corrected chi connectivity index (χ1v) is 6.86. The van der Waals surface area contributed by atoms with Gasteiger partial charge in [-0.25, -0.2) is 9.59 Å². The second kappa shape index (κ2) is 6.95. The van der Waals surface area contributed by atoms with Gasteiger partial charge < -0.3 is 9.84 Å². The number of benzene rings is 2. The van der Waals surface area contributed by atoms with Crippen molar-refractivity contribution in [2.75, 3.05) is 5.32 Å². The van der Waals surface area contributed by atoms with E-state index in [-0.39, 0.29) is 22.9 Å². The van der Waals surface area contributed by atoms with Gasteiger partial charge >= 0.3 is 12.1 Å². The van der Waals surface area contributed by atoms with Crippen molar-refractivity contribution in [2.45, 2.75) is 13.5 Å². The molecule has 0 saturated carbocycles. The van der Waals surface area contributed by atoms with Crippen LogP contribution in [0.3, 0.4) is 0 Å². The van der Waals surface area contributed by atoms with Gasteiger partial charge in [0.05, 0.1) is 16.3 Å². The number of amides is 1. The van der Waals surface area contributed by atoms with Gasteiger partial charge in [-0.3, -0.25) is 5.32 Å². The number of nitrogens with one attached hydrogen (secondary N) is 1. The molecule has 0 aliphatic heterocycles. The van der Waals surface area contributed by atoms with E-state index in [1.807, 2.05) is 30.3 Å². The van der Waals surface area contributed by atoms with Crippen LogP contribution in [0.5, 0.6) is 0 Å². The third-order valence-electron chi connectivity index (χ3n) is 2.90. The largest absolute Gasteiger partial charge is 0.478 e. The van der Waals surface area contributed by atoms with Crippen molar-refractivity contribution in [3.8, 4) is 0 Å². The van der Waals surface area contributed by atoms with Crippen LogP contribution < -0.4 is 5.32 Å². The lowest BCUT2D eigenvalue weighted by atomic mass is 10.1. The van der Waals surface area contributed by atoms with Crippen LogP contribution in [0.15, 0.2) is 42.5 Å². The van der Waals surface area contributed by atoms with Gasteiger partial charge in [-0.05, 0) is 30.2 Å². The second-order valence-electron chi connectivity index (χ2n) is 4.66. The molecule has 2 N–H and O–H groups in total. The molecular formula is C16H14ClNO4. The highest BCUT2D eigenvalue weighted by Gasteiger charge is 2.17. The van der Waals surface area contributed by atoms with Crippen molar-refractivity contribution < 1.29 is 19.4 Å². The number of carbonyl (C=O) groups is 2. The summed E-state index contributed by atoms with van der Waals surface area (Å²) in [6.45, 7) is 1.80. The van der Waals surface area contributed by atoms with Crippen LogP contribution in [0.25, 0.3) is 0 Å². The average Bonchev–Trinajstić information content (AvgIpc) is 2.48. The molecule has 2 aromatic rings. The fourth-order valence-corrected chi connectivity index (χ4v) is 2.22. The van der Waals surface area contributed by atoms with E-state index in [1.54, 1.807) is 13.0 Å². The van der Waals surface area contributed by atoms with Gasteiger partial charge in [0.2, 0.25) is 0 Å². The first-order chi connectivity index (χ1) is 10.5. The lowest BCUT2D eigenvalue weighted by Gasteiger charge is -2.12. The molecule has 0 radical (unpaired) electrons. The lowest BCUT2D eigenvalue weighted by Crippen LogP contribution is -2.16. The highest BCUT2D eigenvalue weighted by atomic mass is 35.5. The average molecular weight is 320 g/mol. The van der Waals surface area contributed by atoms with Crippen LogP contribution in [0.4, 0.5) is 10.5 Å². The van der Waals surface area contributed by atoms with Gasteiger partial charge in [0.1, 0.15) is 6.61 Å². The summed E-state index contributed by atoms with van der Waals surface area (Å²) in [5, 5.41) is 11.7. The summed E-state index contributed by atoms with van der Waals surface area (Å²) < 4.78 is 5.05.